The van der Waals surface area contributed by atoms with E-state index in [1.54, 1.807) is 11.1 Å². The number of benzene rings is 1. The minimum Gasteiger partial charge on any atom is -0.374 e. The van der Waals surface area contributed by atoms with Crippen LogP contribution in [0.15, 0.2) is 24.3 Å². The van der Waals surface area contributed by atoms with Gasteiger partial charge in [0, 0.05) is 12.6 Å². The van der Waals surface area contributed by atoms with Gasteiger partial charge in [-0.05, 0) is 70.0 Å². The van der Waals surface area contributed by atoms with Gasteiger partial charge in [0.15, 0.2) is 0 Å². The lowest BCUT2D eigenvalue weighted by atomic mass is 9.77. The molecule has 2 nitrogen and oxygen atoms in total. The number of hydrogen-bond acceptors (Lipinski definition) is 2. The molecular weight excluding hydrogens is 258 g/mol. The van der Waals surface area contributed by atoms with Crippen LogP contribution < -0.4 is 5.32 Å². The number of likely N-dealkylation sites (N-methyl/N-ethyl adjacent to an activating group) is 1. The van der Waals surface area contributed by atoms with Crippen LogP contribution in [0.3, 0.4) is 0 Å². The minimum absolute atomic E-state index is 0.114. The molecule has 2 atom stereocenters. The molecule has 0 fully saturated rings. The van der Waals surface area contributed by atoms with Crippen molar-refractivity contribution < 1.29 is 4.74 Å². The molecule has 0 aromatic heterocycles. The zero-order valence-electron chi connectivity index (χ0n) is 14.1. The quantitative estimate of drug-likeness (QED) is 0.808. The lowest BCUT2D eigenvalue weighted by molar-refractivity contribution is -0.0416. The first-order chi connectivity index (χ1) is 10.1. The van der Waals surface area contributed by atoms with Crippen molar-refractivity contribution >= 4 is 0 Å². The molecule has 1 aromatic rings. The molecule has 0 saturated heterocycles. The largest absolute Gasteiger partial charge is 0.374 e. The van der Waals surface area contributed by atoms with E-state index >= 15 is 0 Å². The molecule has 2 rings (SSSR count). The highest BCUT2D eigenvalue weighted by molar-refractivity contribution is 5.32. The van der Waals surface area contributed by atoms with Crippen molar-refractivity contribution in [2.24, 2.45) is 0 Å². The average molecular weight is 289 g/mol. The Bertz CT molecular complexity index is 441. The molecule has 0 spiro atoms. The maximum Gasteiger partial charge on any atom is 0.0778 e. The zero-order chi connectivity index (χ0) is 15.3. The molecule has 0 bridgehead atoms. The molecule has 118 valence electrons. The molecule has 0 radical (unpaired) electrons. The Hall–Kier alpha value is -0.860. The van der Waals surface area contributed by atoms with Crippen molar-refractivity contribution in [3.05, 3.63) is 35.4 Å². The van der Waals surface area contributed by atoms with E-state index in [2.05, 4.69) is 57.3 Å². The second-order valence-corrected chi connectivity index (χ2v) is 6.67. The van der Waals surface area contributed by atoms with E-state index in [0.29, 0.717) is 12.0 Å². The van der Waals surface area contributed by atoms with Gasteiger partial charge < -0.3 is 10.1 Å². The van der Waals surface area contributed by atoms with Gasteiger partial charge in [-0.1, -0.05) is 31.2 Å². The van der Waals surface area contributed by atoms with Gasteiger partial charge in [0.05, 0.1) is 5.60 Å². The topological polar surface area (TPSA) is 21.3 Å². The Labute approximate surface area is 130 Å². The van der Waals surface area contributed by atoms with Gasteiger partial charge in [-0.2, -0.15) is 0 Å². The second-order valence-electron chi connectivity index (χ2n) is 6.67. The molecule has 1 aliphatic rings. The van der Waals surface area contributed by atoms with Gasteiger partial charge in [-0.25, -0.2) is 0 Å². The first kappa shape index (κ1) is 16.5. The van der Waals surface area contributed by atoms with Gasteiger partial charge in [0.1, 0.15) is 0 Å². The predicted molar refractivity (Wildman–Crippen MR) is 89.9 cm³/mol. The number of fused-ring (bicyclic) bond motifs is 1. The minimum atomic E-state index is -0.114. The Balaban J connectivity index is 2.14. The van der Waals surface area contributed by atoms with Gasteiger partial charge in [0.25, 0.3) is 0 Å². The van der Waals surface area contributed by atoms with Crippen molar-refractivity contribution in [3.63, 3.8) is 0 Å². The van der Waals surface area contributed by atoms with Gasteiger partial charge >= 0.3 is 0 Å². The van der Waals surface area contributed by atoms with E-state index in [4.69, 9.17) is 4.74 Å². The van der Waals surface area contributed by atoms with Crippen LogP contribution in [0, 0.1) is 0 Å². The van der Waals surface area contributed by atoms with Crippen LogP contribution in [0.5, 0.6) is 0 Å². The van der Waals surface area contributed by atoms with Crippen LogP contribution in [-0.4, -0.2) is 24.8 Å². The lowest BCUT2D eigenvalue weighted by Gasteiger charge is -2.38. The van der Waals surface area contributed by atoms with Gasteiger partial charge in [-0.3, -0.25) is 0 Å². The predicted octanol–water partition coefficient (Wildman–Crippen LogP) is 4.29. The third-order valence-electron chi connectivity index (χ3n) is 4.82. The first-order valence-corrected chi connectivity index (χ1v) is 8.53. The van der Waals surface area contributed by atoms with Crippen LogP contribution in [0.4, 0.5) is 0 Å². The molecule has 0 amide bonds. The second kappa shape index (κ2) is 7.42. The number of rotatable bonds is 7. The Morgan fingerprint density at radius 3 is 2.76 bits per heavy atom. The smallest absolute Gasteiger partial charge is 0.0778 e. The summed E-state index contributed by atoms with van der Waals surface area (Å²) in [6.07, 6.45) is 5.03. The summed E-state index contributed by atoms with van der Waals surface area (Å²) in [5.74, 6) is 0.665. The molecule has 0 aliphatic heterocycles. The van der Waals surface area contributed by atoms with Crippen molar-refractivity contribution in [3.8, 4) is 0 Å². The molecule has 21 heavy (non-hydrogen) atoms. The SMILES string of the molecule is CCNC(CC1CCCc2ccccc21)C(C)(C)OCC. The Morgan fingerprint density at radius 1 is 1.29 bits per heavy atom. The molecule has 0 saturated carbocycles. The zero-order valence-corrected chi connectivity index (χ0v) is 14.1. The third-order valence-corrected chi connectivity index (χ3v) is 4.82. The summed E-state index contributed by atoms with van der Waals surface area (Å²) >= 11 is 0. The normalized spacial score (nSPS) is 20.1. The molecule has 2 heteroatoms. The Kier molecular flexibility index (Phi) is 5.83. The van der Waals surface area contributed by atoms with E-state index in [1.165, 1.54) is 19.3 Å². The van der Waals surface area contributed by atoms with Gasteiger partial charge in [0.2, 0.25) is 0 Å². The fourth-order valence-corrected chi connectivity index (χ4v) is 3.72. The molecule has 2 unspecified atom stereocenters. The summed E-state index contributed by atoms with van der Waals surface area (Å²) in [7, 11) is 0. The summed E-state index contributed by atoms with van der Waals surface area (Å²) < 4.78 is 6.01. The maximum absolute atomic E-state index is 6.01. The summed E-state index contributed by atoms with van der Waals surface area (Å²) in [4.78, 5) is 0. The van der Waals surface area contributed by atoms with Crippen molar-refractivity contribution in [2.75, 3.05) is 13.2 Å². The van der Waals surface area contributed by atoms with E-state index in [9.17, 15) is 0 Å². The maximum atomic E-state index is 6.01. The monoisotopic (exact) mass is 289 g/mol. The summed E-state index contributed by atoms with van der Waals surface area (Å²) in [6, 6.07) is 9.40. The number of ether oxygens (including phenoxy) is 1. The van der Waals surface area contributed by atoms with E-state index < -0.39 is 0 Å². The molecule has 1 aliphatic carbocycles. The van der Waals surface area contributed by atoms with Crippen LogP contribution in [-0.2, 0) is 11.2 Å². The summed E-state index contributed by atoms with van der Waals surface area (Å²) in [5, 5.41) is 3.66. The molecule has 1 aromatic carbocycles. The van der Waals surface area contributed by atoms with Crippen LogP contribution in [0.1, 0.15) is 64.0 Å². The fraction of sp³-hybridized carbons (Fsp3) is 0.684. The van der Waals surface area contributed by atoms with Crippen LogP contribution in [0.2, 0.25) is 0 Å². The van der Waals surface area contributed by atoms with Crippen LogP contribution in [0.25, 0.3) is 0 Å². The first-order valence-electron chi connectivity index (χ1n) is 8.53. The summed E-state index contributed by atoms with van der Waals surface area (Å²) in [5.41, 5.74) is 3.01. The van der Waals surface area contributed by atoms with Crippen molar-refractivity contribution in [1.82, 2.24) is 5.32 Å². The van der Waals surface area contributed by atoms with Crippen LogP contribution >= 0.6 is 0 Å². The number of nitrogens with one attached hydrogen (secondary N) is 1. The number of aryl methyl sites for hydroxylation is 1. The Morgan fingerprint density at radius 2 is 2.05 bits per heavy atom. The summed E-state index contributed by atoms with van der Waals surface area (Å²) in [6.45, 7) is 10.5. The highest BCUT2D eigenvalue weighted by Crippen LogP contribution is 2.36. The van der Waals surface area contributed by atoms with E-state index in [1.807, 2.05) is 0 Å². The average Bonchev–Trinajstić information content (AvgIpc) is 2.47. The van der Waals surface area contributed by atoms with Crippen molar-refractivity contribution in [2.45, 2.75) is 70.9 Å². The van der Waals surface area contributed by atoms with E-state index in [0.717, 1.165) is 19.6 Å². The standard InChI is InChI=1S/C19H31NO/c1-5-20-18(19(3,4)21-6-2)14-16-12-9-11-15-10-7-8-13-17(15)16/h7-8,10,13,16,18,20H,5-6,9,11-12,14H2,1-4H3. The molecule has 0 heterocycles. The molecular formula is C19H31NO. The van der Waals surface area contributed by atoms with Gasteiger partial charge in [-0.15, -0.1) is 0 Å². The number of hydrogen-bond donors (Lipinski definition) is 1. The van der Waals surface area contributed by atoms with E-state index in [-0.39, 0.29) is 5.60 Å². The third kappa shape index (κ3) is 4.08. The highest BCUT2D eigenvalue weighted by Gasteiger charge is 2.33. The van der Waals surface area contributed by atoms with Crippen molar-refractivity contribution in [1.29, 1.82) is 0 Å². The molecule has 1 N–H and O–H groups in total. The fourth-order valence-electron chi connectivity index (χ4n) is 3.72. The highest BCUT2D eigenvalue weighted by atomic mass is 16.5. The lowest BCUT2D eigenvalue weighted by Crippen LogP contribution is -2.49.